The van der Waals surface area contributed by atoms with E-state index in [1.165, 1.54) is 20.8 Å². The molecule has 1 rings (SSSR count). The molecule has 0 aliphatic heterocycles. The van der Waals surface area contributed by atoms with E-state index in [-0.39, 0.29) is 19.4 Å². The Balaban J connectivity index is 3.36. The van der Waals surface area contributed by atoms with Crippen molar-refractivity contribution < 1.29 is 88.2 Å². The Labute approximate surface area is 449 Å². The highest BCUT2D eigenvalue weighted by molar-refractivity contribution is 6.00. The predicted octanol–water partition coefficient (Wildman–Crippen LogP) is -9.07. The van der Waals surface area contributed by atoms with Crippen molar-refractivity contribution in [1.29, 1.82) is 0 Å². The molecule has 1 aromatic carbocycles. The second-order valence-corrected chi connectivity index (χ2v) is 18.6. The highest BCUT2D eigenvalue weighted by atomic mass is 16.4. The van der Waals surface area contributed by atoms with Gasteiger partial charge in [-0.2, -0.15) is 0 Å². The maximum absolute atomic E-state index is 13.9. The molecule has 31 nitrogen and oxygen atoms in total. The summed E-state index contributed by atoms with van der Waals surface area (Å²) in [6, 6.07) is -9.02. The molecule has 78 heavy (non-hydrogen) atoms. The minimum atomic E-state index is -1.99. The highest BCUT2D eigenvalue weighted by Gasteiger charge is 2.39. The van der Waals surface area contributed by atoms with E-state index in [1.807, 2.05) is 0 Å². The second-order valence-electron chi connectivity index (χ2n) is 18.6. The summed E-state index contributed by atoms with van der Waals surface area (Å²) in [7, 11) is 0. The van der Waals surface area contributed by atoms with Gasteiger partial charge in [0.2, 0.25) is 65.0 Å². The van der Waals surface area contributed by atoms with Gasteiger partial charge in [0.25, 0.3) is 0 Å². The van der Waals surface area contributed by atoms with Gasteiger partial charge in [0.1, 0.15) is 60.4 Å². The van der Waals surface area contributed by atoms with Gasteiger partial charge in [0, 0.05) is 6.42 Å². The summed E-state index contributed by atoms with van der Waals surface area (Å²) in [6.45, 7) is 4.95. The van der Waals surface area contributed by atoms with Gasteiger partial charge >= 0.3 is 5.97 Å². The molecule has 0 aliphatic carbocycles. The van der Waals surface area contributed by atoms with Crippen molar-refractivity contribution in [2.24, 2.45) is 23.1 Å². The van der Waals surface area contributed by atoms with E-state index in [1.54, 1.807) is 30.3 Å². The molecule has 0 unspecified atom stereocenters. The van der Waals surface area contributed by atoms with Crippen LogP contribution in [0.15, 0.2) is 30.3 Å². The average Bonchev–Trinajstić information content (AvgIpc) is 3.37. The van der Waals surface area contributed by atoms with Gasteiger partial charge in [-0.15, -0.1) is 0 Å². The zero-order chi connectivity index (χ0) is 59.6. The van der Waals surface area contributed by atoms with Crippen LogP contribution in [0.4, 0.5) is 0 Å². The fraction of sp³-hybridized carbons (Fsp3) is 0.617. The third-order valence-corrected chi connectivity index (χ3v) is 11.5. The number of amides is 11. The van der Waals surface area contributed by atoms with E-state index >= 15 is 0 Å². The highest BCUT2D eigenvalue weighted by Crippen LogP contribution is 2.10. The number of aliphatic carboxylic acids is 1. The van der Waals surface area contributed by atoms with E-state index in [2.05, 4.69) is 53.2 Å². The van der Waals surface area contributed by atoms with Gasteiger partial charge in [-0.05, 0) is 65.0 Å². The largest absolute Gasteiger partial charge is 0.480 e. The summed E-state index contributed by atoms with van der Waals surface area (Å²) in [5.41, 5.74) is 16.6. The second kappa shape index (κ2) is 34.4. The van der Waals surface area contributed by atoms with Crippen molar-refractivity contribution in [2.45, 2.75) is 152 Å². The molecule has 0 aliphatic rings. The number of carbonyl (C=O) groups excluding carboxylic acids is 11. The number of unbranched alkanes of at least 4 members (excludes halogenated alkanes) is 1. The molecule has 0 radical (unpaired) electrons. The molecule has 1 aromatic rings. The molecular formula is C47H77N13O18. The summed E-state index contributed by atoms with van der Waals surface area (Å²) in [5.74, 6) is -14.3. The number of nitrogens with one attached hydrogen (secondary N) is 10. The molecule has 13 atom stereocenters. The fourth-order valence-electron chi connectivity index (χ4n) is 7.06. The zero-order valence-electron chi connectivity index (χ0n) is 44.1. The van der Waals surface area contributed by atoms with Crippen LogP contribution in [0.5, 0.6) is 0 Å². The average molecular weight is 1110 g/mol. The molecule has 11 amide bonds. The van der Waals surface area contributed by atoms with Gasteiger partial charge in [0.05, 0.1) is 44.5 Å². The molecule has 0 saturated heterocycles. The number of hydrogen-bond acceptors (Lipinski definition) is 19. The number of aliphatic hydroxyl groups is 5. The minimum Gasteiger partial charge on any atom is -0.480 e. The monoisotopic (exact) mass is 1110 g/mol. The summed E-state index contributed by atoms with van der Waals surface area (Å²) < 4.78 is 0. The molecule has 31 heteroatoms. The molecule has 0 aromatic heterocycles. The standard InChI is InChI=1S/C47H77N13O18/c1-21(2)34(43(73)53-27(14-10-11-15-48)38(68)51-22(3)47(77)78)57-45(75)37(25(6)65)60-46(76)36(24(5)64)59-42(72)31(20-62)56-44(74)35(23(4)63)58-40(70)28(16-26-12-8-7-9-13-26)54-39(69)29(17-32(50)66)55-41(71)30(19-61)52-33(67)18-49/h7-9,12-13,21-25,27-31,34-37,61-65H,10-11,14-20,48-49H2,1-6H3,(H2,50,66)(H,51,68)(H,52,67)(H,53,73)(H,54,69)(H,55,71)(H,56,74)(H,57,75)(H,58,70)(H,59,72)(H,60,76)(H,77,78)/t22-,23+,24+,25+,27+,28-,29-,30-,31-,34-,35-,36-,37-/m0/s1. The first-order valence-electron chi connectivity index (χ1n) is 24.8. The van der Waals surface area contributed by atoms with E-state index in [0.717, 1.165) is 20.8 Å². The first-order valence-corrected chi connectivity index (χ1v) is 24.8. The third-order valence-electron chi connectivity index (χ3n) is 11.5. The van der Waals surface area contributed by atoms with Crippen LogP contribution in [0.25, 0.3) is 0 Å². The van der Waals surface area contributed by atoms with Gasteiger partial charge in [0.15, 0.2) is 0 Å². The smallest absolute Gasteiger partial charge is 0.325 e. The Morgan fingerprint density at radius 1 is 0.474 bits per heavy atom. The number of nitrogens with two attached hydrogens (primary N) is 3. The summed E-state index contributed by atoms with van der Waals surface area (Å²) >= 11 is 0. The van der Waals surface area contributed by atoms with Crippen molar-refractivity contribution >= 4 is 70.9 Å². The Bertz CT molecular complexity index is 2220. The SMILES string of the molecule is CC(C)[C@H](NC(=O)[C@@H](NC(=O)[C@@H](NC(=O)[C@H](CO)NC(=O)[C@@H](NC(=O)[C@H](Cc1ccccc1)NC(=O)[C@H](CC(N)=O)NC(=O)[C@H](CO)NC(=O)CN)[C@@H](C)O)[C@@H](C)O)[C@@H](C)O)C(=O)N[C@H](CCCCN)C(=O)N[C@@H](C)C(=O)O. The van der Waals surface area contributed by atoms with Gasteiger partial charge in [-0.3, -0.25) is 57.5 Å². The summed E-state index contributed by atoms with van der Waals surface area (Å²) in [5, 5.41) is 83.5. The number of rotatable bonds is 35. The lowest BCUT2D eigenvalue weighted by Gasteiger charge is -2.30. The van der Waals surface area contributed by atoms with Crippen LogP contribution in [0, 0.1) is 5.92 Å². The van der Waals surface area contributed by atoms with Crippen molar-refractivity contribution in [3.05, 3.63) is 35.9 Å². The van der Waals surface area contributed by atoms with Crippen molar-refractivity contribution in [3.63, 3.8) is 0 Å². The Kier molecular flexibility index (Phi) is 30.2. The number of carbonyl (C=O) groups is 12. The minimum absolute atomic E-state index is 0.0388. The topological polar surface area (TPSA) is 525 Å². The van der Waals surface area contributed by atoms with E-state index in [0.29, 0.717) is 18.4 Å². The third kappa shape index (κ3) is 23.4. The molecule has 0 heterocycles. The van der Waals surface area contributed by atoms with Gasteiger partial charge < -0.3 is 101 Å². The Morgan fingerprint density at radius 3 is 1.31 bits per heavy atom. The van der Waals surface area contributed by atoms with Crippen LogP contribution in [0.1, 0.15) is 72.8 Å². The number of primary amides is 1. The van der Waals surface area contributed by atoms with Crippen molar-refractivity contribution in [2.75, 3.05) is 26.3 Å². The van der Waals surface area contributed by atoms with Crippen LogP contribution < -0.4 is 70.4 Å². The molecule has 0 fully saturated rings. The van der Waals surface area contributed by atoms with Crippen LogP contribution in [-0.4, -0.2) is 207 Å². The fourth-order valence-corrected chi connectivity index (χ4v) is 7.06. The van der Waals surface area contributed by atoms with E-state index in [4.69, 9.17) is 17.2 Å². The van der Waals surface area contributed by atoms with Gasteiger partial charge in [-0.25, -0.2) is 0 Å². The molecule has 0 spiro atoms. The Hall–Kier alpha value is -7.42. The molecule has 0 saturated carbocycles. The van der Waals surface area contributed by atoms with Crippen LogP contribution in [-0.2, 0) is 64.0 Å². The number of aliphatic hydroxyl groups excluding tert-OH is 5. The lowest BCUT2D eigenvalue weighted by molar-refractivity contribution is -0.142. The van der Waals surface area contributed by atoms with Crippen LogP contribution in [0.3, 0.4) is 0 Å². The first-order chi connectivity index (χ1) is 36.5. The lowest BCUT2D eigenvalue weighted by Crippen LogP contribution is -2.64. The van der Waals surface area contributed by atoms with Crippen LogP contribution in [0.2, 0.25) is 0 Å². The number of hydrogen-bond donors (Lipinski definition) is 19. The lowest BCUT2D eigenvalue weighted by atomic mass is 10.0. The number of benzene rings is 1. The maximum Gasteiger partial charge on any atom is 0.325 e. The Morgan fingerprint density at radius 2 is 0.859 bits per heavy atom. The molecule has 438 valence electrons. The van der Waals surface area contributed by atoms with E-state index < -0.39 is 182 Å². The maximum atomic E-state index is 13.9. The quantitative estimate of drug-likeness (QED) is 0.0281. The molecular weight excluding hydrogens is 1030 g/mol. The summed E-state index contributed by atoms with van der Waals surface area (Å²) in [4.78, 5) is 157. The van der Waals surface area contributed by atoms with Crippen molar-refractivity contribution in [1.82, 2.24) is 53.2 Å². The predicted molar refractivity (Wildman–Crippen MR) is 273 cm³/mol. The number of carboxylic acids is 1. The van der Waals surface area contributed by atoms with Crippen molar-refractivity contribution in [3.8, 4) is 0 Å². The normalized spacial score (nSPS) is 16.1. The van der Waals surface area contributed by atoms with E-state index in [9.17, 15) is 88.2 Å². The van der Waals surface area contributed by atoms with Crippen LogP contribution >= 0.6 is 0 Å². The zero-order valence-corrected chi connectivity index (χ0v) is 44.1. The molecule has 0 bridgehead atoms. The molecule has 22 N–H and O–H groups in total. The summed E-state index contributed by atoms with van der Waals surface area (Å²) in [6.07, 6.45) is -5.60. The number of carboxylic acid groups (broad SMARTS) is 1. The first kappa shape index (κ1) is 68.6. The van der Waals surface area contributed by atoms with Gasteiger partial charge in [-0.1, -0.05) is 44.2 Å².